The monoisotopic (exact) mass is 262 g/mol. The summed E-state index contributed by atoms with van der Waals surface area (Å²) < 4.78 is 0.137. The normalized spacial score (nSPS) is 10.1. The molecule has 0 fully saturated rings. The molecule has 0 aliphatic carbocycles. The van der Waals surface area contributed by atoms with Crippen molar-refractivity contribution in [1.82, 2.24) is 9.97 Å². The SMILES string of the molecule is O=[N+]([O-])C(c1ncncc1Br)[N+](=O)[O-]. The zero-order valence-electron chi connectivity index (χ0n) is 6.53. The van der Waals surface area contributed by atoms with Crippen molar-refractivity contribution in [2.75, 3.05) is 0 Å². The van der Waals surface area contributed by atoms with Crippen LogP contribution in [0.2, 0.25) is 0 Å². The topological polar surface area (TPSA) is 112 Å². The van der Waals surface area contributed by atoms with Crippen LogP contribution in [0.15, 0.2) is 17.0 Å². The highest BCUT2D eigenvalue weighted by Gasteiger charge is 2.38. The van der Waals surface area contributed by atoms with E-state index < -0.39 is 16.0 Å². The van der Waals surface area contributed by atoms with Gasteiger partial charge in [-0.3, -0.25) is 20.2 Å². The van der Waals surface area contributed by atoms with Crippen molar-refractivity contribution in [2.24, 2.45) is 0 Å². The number of halogens is 1. The van der Waals surface area contributed by atoms with Crippen molar-refractivity contribution in [3.05, 3.63) is 42.9 Å². The van der Waals surface area contributed by atoms with Crippen LogP contribution in [0.5, 0.6) is 0 Å². The summed E-state index contributed by atoms with van der Waals surface area (Å²) in [6.07, 6.45) is 0.162. The molecular formula is C5H3BrN4O4. The fraction of sp³-hybridized carbons (Fsp3) is 0.200. The quantitative estimate of drug-likeness (QED) is 0.452. The van der Waals surface area contributed by atoms with E-state index in [1.807, 2.05) is 0 Å². The van der Waals surface area contributed by atoms with Crippen LogP contribution < -0.4 is 0 Å². The maximum absolute atomic E-state index is 10.4. The van der Waals surface area contributed by atoms with Gasteiger partial charge < -0.3 is 0 Å². The second-order valence-electron chi connectivity index (χ2n) is 2.20. The zero-order valence-corrected chi connectivity index (χ0v) is 8.12. The summed E-state index contributed by atoms with van der Waals surface area (Å²) in [5.41, 5.74) is -0.269. The first-order chi connectivity index (χ1) is 6.54. The van der Waals surface area contributed by atoms with E-state index in [9.17, 15) is 20.2 Å². The average molecular weight is 263 g/mol. The molecule has 0 saturated carbocycles. The largest absolute Gasteiger partial charge is 0.494 e. The molecule has 0 aliphatic rings. The van der Waals surface area contributed by atoms with Crippen molar-refractivity contribution in [1.29, 1.82) is 0 Å². The molecule has 0 bridgehead atoms. The molecule has 9 heteroatoms. The van der Waals surface area contributed by atoms with E-state index in [0.717, 1.165) is 6.33 Å². The van der Waals surface area contributed by atoms with Gasteiger partial charge in [-0.15, -0.1) is 0 Å². The first-order valence-electron chi connectivity index (χ1n) is 3.26. The predicted octanol–water partition coefficient (Wildman–Crippen LogP) is 0.791. The molecule has 0 aliphatic heterocycles. The molecule has 0 radical (unpaired) electrons. The van der Waals surface area contributed by atoms with E-state index in [4.69, 9.17) is 0 Å². The number of nitrogens with zero attached hydrogens (tertiary/aromatic N) is 4. The van der Waals surface area contributed by atoms with Crippen LogP contribution in [0.25, 0.3) is 0 Å². The Labute approximate surface area is 85.4 Å². The van der Waals surface area contributed by atoms with Crippen LogP contribution in [0, 0.1) is 20.2 Å². The van der Waals surface area contributed by atoms with Crippen LogP contribution in [0.4, 0.5) is 0 Å². The summed E-state index contributed by atoms with van der Waals surface area (Å²) in [6.45, 7) is 0. The first kappa shape index (κ1) is 10.4. The molecule has 0 aromatic carbocycles. The van der Waals surface area contributed by atoms with Crippen molar-refractivity contribution in [3.8, 4) is 0 Å². The molecule has 0 unspecified atom stereocenters. The van der Waals surface area contributed by atoms with Gasteiger partial charge >= 0.3 is 6.17 Å². The first-order valence-corrected chi connectivity index (χ1v) is 4.05. The Kier molecular flexibility index (Phi) is 3.02. The van der Waals surface area contributed by atoms with Gasteiger partial charge in [-0.25, -0.2) is 9.97 Å². The Balaban J connectivity index is 3.18. The number of rotatable bonds is 3. The molecule has 0 spiro atoms. The van der Waals surface area contributed by atoms with Gasteiger partial charge in [0.1, 0.15) is 16.2 Å². The predicted molar refractivity (Wildman–Crippen MR) is 46.5 cm³/mol. The van der Waals surface area contributed by atoms with Gasteiger partial charge in [-0.2, -0.15) is 0 Å². The summed E-state index contributed by atoms with van der Waals surface area (Å²) in [6, 6.07) is 0. The highest BCUT2D eigenvalue weighted by atomic mass is 79.9. The van der Waals surface area contributed by atoms with Crippen LogP contribution in [-0.4, -0.2) is 19.8 Å². The number of hydrogen-bond acceptors (Lipinski definition) is 6. The molecule has 74 valence electrons. The summed E-state index contributed by atoms with van der Waals surface area (Å²) in [4.78, 5) is 25.7. The maximum Gasteiger partial charge on any atom is 0.494 e. The molecule has 0 amide bonds. The van der Waals surface area contributed by atoms with E-state index in [1.165, 1.54) is 6.20 Å². The van der Waals surface area contributed by atoms with Crippen molar-refractivity contribution in [2.45, 2.75) is 6.17 Å². The maximum atomic E-state index is 10.4. The van der Waals surface area contributed by atoms with E-state index in [-0.39, 0.29) is 10.2 Å². The average Bonchev–Trinajstić information content (AvgIpc) is 2.07. The van der Waals surface area contributed by atoms with Crippen LogP contribution >= 0.6 is 15.9 Å². The van der Waals surface area contributed by atoms with Gasteiger partial charge in [0.2, 0.25) is 5.69 Å². The van der Waals surface area contributed by atoms with Gasteiger partial charge in [0.05, 0.1) is 4.47 Å². The third kappa shape index (κ3) is 1.99. The Hall–Kier alpha value is -1.64. The molecule has 8 nitrogen and oxygen atoms in total. The molecule has 0 saturated heterocycles. The summed E-state index contributed by atoms with van der Waals surface area (Å²) >= 11 is 2.90. The third-order valence-electron chi connectivity index (χ3n) is 1.34. The van der Waals surface area contributed by atoms with Crippen LogP contribution in [0.1, 0.15) is 11.9 Å². The highest BCUT2D eigenvalue weighted by Crippen LogP contribution is 2.22. The molecular weight excluding hydrogens is 260 g/mol. The van der Waals surface area contributed by atoms with Gasteiger partial charge in [-0.1, -0.05) is 0 Å². The molecule has 0 atom stereocenters. The lowest BCUT2D eigenvalue weighted by molar-refractivity contribution is -0.753. The second-order valence-corrected chi connectivity index (χ2v) is 3.05. The fourth-order valence-electron chi connectivity index (χ4n) is 0.789. The van der Waals surface area contributed by atoms with Crippen LogP contribution in [0.3, 0.4) is 0 Å². The van der Waals surface area contributed by atoms with Crippen LogP contribution in [-0.2, 0) is 0 Å². The Bertz CT molecular complexity index is 370. The lowest BCUT2D eigenvalue weighted by atomic mass is 10.3. The molecule has 0 N–H and O–H groups in total. The Morgan fingerprint density at radius 3 is 2.36 bits per heavy atom. The van der Waals surface area contributed by atoms with Gasteiger partial charge in [0.15, 0.2) is 0 Å². The number of nitro groups is 2. The van der Waals surface area contributed by atoms with E-state index in [2.05, 4.69) is 25.9 Å². The molecule has 14 heavy (non-hydrogen) atoms. The lowest BCUT2D eigenvalue weighted by Crippen LogP contribution is -2.21. The van der Waals surface area contributed by atoms with Gasteiger partial charge in [0.25, 0.3) is 0 Å². The minimum Gasteiger partial charge on any atom is -0.258 e. The van der Waals surface area contributed by atoms with Gasteiger partial charge in [-0.05, 0) is 15.9 Å². The molecule has 1 heterocycles. The zero-order chi connectivity index (χ0) is 10.7. The van der Waals surface area contributed by atoms with E-state index in [0.29, 0.717) is 0 Å². The lowest BCUT2D eigenvalue weighted by Gasteiger charge is -2.01. The standard InChI is InChI=1S/C5H3BrN4O4/c6-3-1-7-2-8-4(3)5(9(11)12)10(13)14/h1-2,5H. The summed E-state index contributed by atoms with van der Waals surface area (Å²) in [7, 11) is 0. The number of hydrogen-bond donors (Lipinski definition) is 0. The van der Waals surface area contributed by atoms with Crippen molar-refractivity contribution >= 4 is 15.9 Å². The molecule has 1 rings (SSSR count). The third-order valence-corrected chi connectivity index (χ3v) is 1.95. The second kappa shape index (κ2) is 4.05. The fourth-order valence-corrected chi connectivity index (χ4v) is 1.21. The Morgan fingerprint density at radius 2 is 1.93 bits per heavy atom. The van der Waals surface area contributed by atoms with Crippen molar-refractivity contribution in [3.63, 3.8) is 0 Å². The highest BCUT2D eigenvalue weighted by molar-refractivity contribution is 9.10. The van der Waals surface area contributed by atoms with Crippen molar-refractivity contribution < 1.29 is 9.85 Å². The van der Waals surface area contributed by atoms with E-state index >= 15 is 0 Å². The number of aromatic nitrogens is 2. The summed E-state index contributed by atoms with van der Waals surface area (Å²) in [5.74, 6) is 0. The molecule has 1 aromatic rings. The van der Waals surface area contributed by atoms with Gasteiger partial charge in [0, 0.05) is 6.20 Å². The smallest absolute Gasteiger partial charge is 0.258 e. The minimum absolute atomic E-state index is 0.137. The minimum atomic E-state index is -2.06. The van der Waals surface area contributed by atoms with E-state index in [1.54, 1.807) is 0 Å². The summed E-state index contributed by atoms with van der Waals surface area (Å²) in [5, 5.41) is 20.8. The molecule has 1 aromatic heterocycles. The Morgan fingerprint density at radius 1 is 1.36 bits per heavy atom.